The lowest BCUT2D eigenvalue weighted by atomic mass is 9.88. The van der Waals surface area contributed by atoms with E-state index in [1.807, 2.05) is 16.7 Å². The number of aliphatic carboxylic acids is 1. The molecule has 7 nitrogen and oxygen atoms in total. The van der Waals surface area contributed by atoms with E-state index in [4.69, 9.17) is 0 Å². The van der Waals surface area contributed by atoms with Crippen LogP contribution >= 0.6 is 0 Å². The third-order valence-corrected chi connectivity index (χ3v) is 5.74. The van der Waals surface area contributed by atoms with E-state index in [0.29, 0.717) is 32.6 Å². The lowest BCUT2D eigenvalue weighted by molar-refractivity contribution is -0.148. The SMILES string of the molecule is CC1CC(C(=O)O)CN(C(=O)C2CCCN(C(=O)N3CCCC3)C2)C1. The summed E-state index contributed by atoms with van der Waals surface area (Å²) in [6, 6.07) is 0.0606. The summed E-state index contributed by atoms with van der Waals surface area (Å²) in [5, 5.41) is 9.31. The van der Waals surface area contributed by atoms with Crippen molar-refractivity contribution in [3.05, 3.63) is 0 Å². The van der Waals surface area contributed by atoms with Gasteiger partial charge in [0.2, 0.25) is 5.91 Å². The van der Waals surface area contributed by atoms with Gasteiger partial charge in [-0.25, -0.2) is 4.79 Å². The number of carbonyl (C=O) groups excluding carboxylic acids is 2. The van der Waals surface area contributed by atoms with Crippen LogP contribution in [-0.2, 0) is 9.59 Å². The number of carbonyl (C=O) groups is 3. The summed E-state index contributed by atoms with van der Waals surface area (Å²) in [5.74, 6) is -1.26. The van der Waals surface area contributed by atoms with Crippen LogP contribution in [0.1, 0.15) is 39.0 Å². The lowest BCUT2D eigenvalue weighted by Gasteiger charge is -2.40. The number of rotatable bonds is 2. The molecule has 0 saturated carbocycles. The standard InChI is InChI=1S/C18H29N3O4/c1-13-9-15(17(23)24)12-21(10-13)16(22)14-5-4-8-20(11-14)18(25)19-6-2-3-7-19/h13-15H,2-12H2,1H3,(H,23,24). The van der Waals surface area contributed by atoms with Crippen LogP contribution < -0.4 is 0 Å². The van der Waals surface area contributed by atoms with Gasteiger partial charge in [-0.05, 0) is 38.0 Å². The number of carboxylic acid groups (broad SMARTS) is 1. The second kappa shape index (κ2) is 7.62. The summed E-state index contributed by atoms with van der Waals surface area (Å²) in [7, 11) is 0. The molecule has 0 bridgehead atoms. The number of hydrogen-bond donors (Lipinski definition) is 1. The third-order valence-electron chi connectivity index (χ3n) is 5.74. The molecule has 3 unspecified atom stereocenters. The van der Waals surface area contributed by atoms with Crippen LogP contribution in [0.3, 0.4) is 0 Å². The maximum Gasteiger partial charge on any atom is 0.320 e. The van der Waals surface area contributed by atoms with Crippen molar-refractivity contribution < 1.29 is 19.5 Å². The molecule has 1 N–H and O–H groups in total. The van der Waals surface area contributed by atoms with Gasteiger partial charge in [0, 0.05) is 39.3 Å². The first kappa shape index (κ1) is 18.0. The molecule has 3 aliphatic rings. The molecule has 0 aromatic rings. The molecule has 0 spiro atoms. The van der Waals surface area contributed by atoms with E-state index in [2.05, 4.69) is 0 Å². The predicted molar refractivity (Wildman–Crippen MR) is 92.0 cm³/mol. The molecule has 3 amide bonds. The van der Waals surface area contributed by atoms with Crippen molar-refractivity contribution in [2.24, 2.45) is 17.8 Å². The highest BCUT2D eigenvalue weighted by Gasteiger charge is 2.37. The van der Waals surface area contributed by atoms with E-state index in [0.717, 1.165) is 38.8 Å². The van der Waals surface area contributed by atoms with E-state index in [9.17, 15) is 19.5 Å². The van der Waals surface area contributed by atoms with Crippen molar-refractivity contribution in [2.45, 2.75) is 39.0 Å². The van der Waals surface area contributed by atoms with Crippen LogP contribution in [-0.4, -0.2) is 77.0 Å². The Labute approximate surface area is 148 Å². The van der Waals surface area contributed by atoms with Crippen molar-refractivity contribution in [3.8, 4) is 0 Å². The number of piperidine rings is 2. The van der Waals surface area contributed by atoms with Crippen LogP contribution in [0.2, 0.25) is 0 Å². The Hall–Kier alpha value is -1.79. The molecule has 25 heavy (non-hydrogen) atoms. The lowest BCUT2D eigenvalue weighted by Crippen LogP contribution is -2.53. The van der Waals surface area contributed by atoms with Crippen LogP contribution in [0, 0.1) is 17.8 Å². The van der Waals surface area contributed by atoms with Gasteiger partial charge in [-0.2, -0.15) is 0 Å². The molecule has 7 heteroatoms. The fourth-order valence-corrected chi connectivity index (χ4v) is 4.43. The average molecular weight is 351 g/mol. The van der Waals surface area contributed by atoms with E-state index in [1.165, 1.54) is 0 Å². The Morgan fingerprint density at radius 1 is 0.840 bits per heavy atom. The van der Waals surface area contributed by atoms with Gasteiger partial charge >= 0.3 is 12.0 Å². The molecule has 3 aliphatic heterocycles. The van der Waals surface area contributed by atoms with Crippen molar-refractivity contribution in [2.75, 3.05) is 39.3 Å². The topological polar surface area (TPSA) is 81.2 Å². The first-order chi connectivity index (χ1) is 12.0. The zero-order chi connectivity index (χ0) is 18.0. The van der Waals surface area contributed by atoms with Crippen LogP contribution in [0.5, 0.6) is 0 Å². The minimum atomic E-state index is -0.821. The fraction of sp³-hybridized carbons (Fsp3) is 0.833. The summed E-state index contributed by atoms with van der Waals surface area (Å²) in [6.07, 6.45) is 4.37. The number of nitrogens with zero attached hydrogens (tertiary/aromatic N) is 3. The van der Waals surface area contributed by atoms with E-state index in [1.54, 1.807) is 4.90 Å². The molecule has 3 fully saturated rings. The number of hydrogen-bond acceptors (Lipinski definition) is 3. The number of carboxylic acids is 1. The monoisotopic (exact) mass is 351 g/mol. The van der Waals surface area contributed by atoms with E-state index in [-0.39, 0.29) is 23.8 Å². The van der Waals surface area contributed by atoms with Crippen LogP contribution in [0.25, 0.3) is 0 Å². The molecule has 3 heterocycles. The van der Waals surface area contributed by atoms with Crippen molar-refractivity contribution in [1.82, 2.24) is 14.7 Å². The summed E-state index contributed by atoms with van der Waals surface area (Å²) in [4.78, 5) is 42.3. The third kappa shape index (κ3) is 4.07. The zero-order valence-corrected chi connectivity index (χ0v) is 15.0. The van der Waals surface area contributed by atoms with Gasteiger partial charge in [0.25, 0.3) is 0 Å². The number of likely N-dealkylation sites (tertiary alicyclic amines) is 3. The predicted octanol–water partition coefficient (Wildman–Crippen LogP) is 1.48. The van der Waals surface area contributed by atoms with E-state index >= 15 is 0 Å². The number of amides is 3. The van der Waals surface area contributed by atoms with Gasteiger partial charge in [0.15, 0.2) is 0 Å². The Balaban J connectivity index is 1.61. The Morgan fingerprint density at radius 2 is 1.48 bits per heavy atom. The second-order valence-corrected chi connectivity index (χ2v) is 7.88. The fourth-order valence-electron chi connectivity index (χ4n) is 4.43. The zero-order valence-electron chi connectivity index (χ0n) is 15.0. The molecule has 0 aliphatic carbocycles. The molecular weight excluding hydrogens is 322 g/mol. The van der Waals surface area contributed by atoms with Gasteiger partial charge in [-0.3, -0.25) is 9.59 Å². The Morgan fingerprint density at radius 3 is 2.16 bits per heavy atom. The summed E-state index contributed by atoms with van der Waals surface area (Å²) >= 11 is 0. The molecular formula is C18H29N3O4. The molecule has 3 atom stereocenters. The molecule has 3 saturated heterocycles. The largest absolute Gasteiger partial charge is 0.481 e. The molecule has 3 rings (SSSR count). The minimum Gasteiger partial charge on any atom is -0.481 e. The Kier molecular flexibility index (Phi) is 5.49. The van der Waals surface area contributed by atoms with Crippen molar-refractivity contribution in [3.63, 3.8) is 0 Å². The first-order valence-corrected chi connectivity index (χ1v) is 9.51. The highest BCUT2D eigenvalue weighted by atomic mass is 16.4. The molecule has 0 aromatic carbocycles. The van der Waals surface area contributed by atoms with Crippen molar-refractivity contribution >= 4 is 17.9 Å². The highest BCUT2D eigenvalue weighted by molar-refractivity contribution is 5.82. The summed E-state index contributed by atoms with van der Waals surface area (Å²) in [6.45, 7) is 5.74. The average Bonchev–Trinajstić information content (AvgIpc) is 3.14. The van der Waals surface area contributed by atoms with Gasteiger partial charge in [0.05, 0.1) is 11.8 Å². The molecule has 0 aromatic heterocycles. The van der Waals surface area contributed by atoms with Gasteiger partial charge < -0.3 is 19.8 Å². The minimum absolute atomic E-state index is 0.0247. The van der Waals surface area contributed by atoms with E-state index < -0.39 is 11.9 Å². The summed E-state index contributed by atoms with van der Waals surface area (Å²) < 4.78 is 0. The first-order valence-electron chi connectivity index (χ1n) is 9.51. The number of urea groups is 1. The van der Waals surface area contributed by atoms with Gasteiger partial charge in [0.1, 0.15) is 0 Å². The van der Waals surface area contributed by atoms with Crippen LogP contribution in [0.4, 0.5) is 4.79 Å². The van der Waals surface area contributed by atoms with Crippen molar-refractivity contribution in [1.29, 1.82) is 0 Å². The Bertz CT molecular complexity index is 532. The molecule has 140 valence electrons. The summed E-state index contributed by atoms with van der Waals surface area (Å²) in [5.41, 5.74) is 0. The smallest absolute Gasteiger partial charge is 0.320 e. The maximum absolute atomic E-state index is 12.9. The van der Waals surface area contributed by atoms with Crippen LogP contribution in [0.15, 0.2) is 0 Å². The normalized spacial score (nSPS) is 30.4. The quantitative estimate of drug-likeness (QED) is 0.817. The second-order valence-electron chi connectivity index (χ2n) is 7.88. The molecule has 0 radical (unpaired) electrons. The van der Waals surface area contributed by atoms with Gasteiger partial charge in [-0.15, -0.1) is 0 Å². The highest BCUT2D eigenvalue weighted by Crippen LogP contribution is 2.26. The van der Waals surface area contributed by atoms with Gasteiger partial charge in [-0.1, -0.05) is 6.92 Å². The maximum atomic E-state index is 12.9.